The van der Waals surface area contributed by atoms with Gasteiger partial charge in [0.1, 0.15) is 0 Å². The van der Waals surface area contributed by atoms with Gasteiger partial charge < -0.3 is 5.32 Å². The van der Waals surface area contributed by atoms with Gasteiger partial charge in [-0.15, -0.1) is 0 Å². The minimum Gasteiger partial charge on any atom is -0.317 e. The summed E-state index contributed by atoms with van der Waals surface area (Å²) in [6, 6.07) is 8.98. The first-order chi connectivity index (χ1) is 7.22. The first-order valence-corrected chi connectivity index (χ1v) is 6.01. The highest BCUT2D eigenvalue weighted by Gasteiger charge is 1.99. The average molecular weight is 205 g/mol. The molecule has 0 saturated heterocycles. The van der Waals surface area contributed by atoms with Crippen molar-refractivity contribution in [1.29, 1.82) is 0 Å². The Morgan fingerprint density at radius 1 is 1.20 bits per heavy atom. The van der Waals surface area contributed by atoms with Crippen molar-refractivity contribution in [2.24, 2.45) is 5.92 Å². The van der Waals surface area contributed by atoms with Crippen molar-refractivity contribution in [3.63, 3.8) is 0 Å². The quantitative estimate of drug-likeness (QED) is 0.704. The third-order valence-electron chi connectivity index (χ3n) is 2.48. The van der Waals surface area contributed by atoms with Crippen LogP contribution in [-0.2, 0) is 12.8 Å². The molecule has 0 aliphatic carbocycles. The fourth-order valence-electron chi connectivity index (χ4n) is 1.79. The van der Waals surface area contributed by atoms with Crippen molar-refractivity contribution in [2.45, 2.75) is 33.6 Å². The molecule has 0 radical (unpaired) electrons. The van der Waals surface area contributed by atoms with Crippen molar-refractivity contribution in [3.8, 4) is 0 Å². The van der Waals surface area contributed by atoms with Crippen LogP contribution < -0.4 is 5.32 Å². The fourth-order valence-corrected chi connectivity index (χ4v) is 1.79. The van der Waals surface area contributed by atoms with Crippen molar-refractivity contribution in [2.75, 3.05) is 13.1 Å². The molecule has 0 fully saturated rings. The Balaban J connectivity index is 2.50. The van der Waals surface area contributed by atoms with Gasteiger partial charge in [-0.3, -0.25) is 0 Å². The zero-order valence-electron chi connectivity index (χ0n) is 10.2. The van der Waals surface area contributed by atoms with Gasteiger partial charge in [0, 0.05) is 0 Å². The second-order valence-corrected chi connectivity index (χ2v) is 4.52. The standard InChI is InChI=1S/C14H23N/c1-4-15-9-8-13-6-5-7-14(11-13)10-12(2)3/h5-7,11-12,15H,4,8-10H2,1-3H3. The maximum Gasteiger partial charge on any atom is -0.000847 e. The summed E-state index contributed by atoms with van der Waals surface area (Å²) in [5.74, 6) is 0.744. The Morgan fingerprint density at radius 2 is 1.93 bits per heavy atom. The molecule has 0 saturated carbocycles. The first kappa shape index (κ1) is 12.3. The van der Waals surface area contributed by atoms with E-state index in [-0.39, 0.29) is 0 Å². The molecular formula is C14H23N. The molecule has 0 heterocycles. The second-order valence-electron chi connectivity index (χ2n) is 4.52. The minimum atomic E-state index is 0.744. The number of benzene rings is 1. The molecule has 1 nitrogen and oxygen atoms in total. The van der Waals surface area contributed by atoms with Gasteiger partial charge in [0.05, 0.1) is 0 Å². The highest BCUT2D eigenvalue weighted by molar-refractivity contribution is 5.24. The van der Waals surface area contributed by atoms with E-state index in [0.29, 0.717) is 0 Å². The van der Waals surface area contributed by atoms with Gasteiger partial charge in [0.2, 0.25) is 0 Å². The third-order valence-corrected chi connectivity index (χ3v) is 2.48. The zero-order valence-corrected chi connectivity index (χ0v) is 10.2. The molecule has 0 aliphatic rings. The van der Waals surface area contributed by atoms with E-state index in [4.69, 9.17) is 0 Å². The second kappa shape index (κ2) is 6.62. The topological polar surface area (TPSA) is 12.0 Å². The monoisotopic (exact) mass is 205 g/mol. The van der Waals surface area contributed by atoms with E-state index in [9.17, 15) is 0 Å². The largest absolute Gasteiger partial charge is 0.317 e. The molecule has 1 heteroatoms. The SMILES string of the molecule is CCNCCc1cccc(CC(C)C)c1. The lowest BCUT2D eigenvalue weighted by Crippen LogP contribution is -2.16. The summed E-state index contributed by atoms with van der Waals surface area (Å²) in [7, 11) is 0. The summed E-state index contributed by atoms with van der Waals surface area (Å²) < 4.78 is 0. The normalized spacial score (nSPS) is 10.9. The van der Waals surface area contributed by atoms with Crippen LogP contribution in [0.4, 0.5) is 0 Å². The van der Waals surface area contributed by atoms with Crippen molar-refractivity contribution in [1.82, 2.24) is 5.32 Å². The van der Waals surface area contributed by atoms with Crippen molar-refractivity contribution < 1.29 is 0 Å². The summed E-state index contributed by atoms with van der Waals surface area (Å²) in [5, 5.41) is 3.36. The van der Waals surface area contributed by atoms with E-state index in [2.05, 4.69) is 50.4 Å². The lowest BCUT2D eigenvalue weighted by atomic mass is 10.00. The summed E-state index contributed by atoms with van der Waals surface area (Å²) in [5.41, 5.74) is 2.92. The van der Waals surface area contributed by atoms with Crippen molar-refractivity contribution >= 4 is 0 Å². The average Bonchev–Trinajstić information content (AvgIpc) is 2.18. The molecule has 1 N–H and O–H groups in total. The number of nitrogens with one attached hydrogen (secondary N) is 1. The maximum absolute atomic E-state index is 3.36. The lowest BCUT2D eigenvalue weighted by Gasteiger charge is -2.07. The molecule has 84 valence electrons. The van der Waals surface area contributed by atoms with Crippen LogP contribution in [0.2, 0.25) is 0 Å². The number of hydrogen-bond donors (Lipinski definition) is 1. The van der Waals surface area contributed by atoms with E-state index in [1.807, 2.05) is 0 Å². The molecule has 1 aromatic carbocycles. The smallest absolute Gasteiger partial charge is 0.000847 e. The van der Waals surface area contributed by atoms with Crippen LogP contribution in [0.25, 0.3) is 0 Å². The number of rotatable bonds is 6. The highest BCUT2D eigenvalue weighted by atomic mass is 14.8. The highest BCUT2D eigenvalue weighted by Crippen LogP contribution is 2.10. The van der Waals surface area contributed by atoms with Crippen LogP contribution >= 0.6 is 0 Å². The fraction of sp³-hybridized carbons (Fsp3) is 0.571. The van der Waals surface area contributed by atoms with Crippen LogP contribution in [-0.4, -0.2) is 13.1 Å². The number of likely N-dealkylation sites (N-methyl/N-ethyl adjacent to an activating group) is 1. The molecule has 15 heavy (non-hydrogen) atoms. The lowest BCUT2D eigenvalue weighted by molar-refractivity contribution is 0.646. The predicted octanol–water partition coefficient (Wildman–Crippen LogP) is 3.04. The molecule has 0 atom stereocenters. The summed E-state index contributed by atoms with van der Waals surface area (Å²) in [4.78, 5) is 0. The minimum absolute atomic E-state index is 0.744. The Labute approximate surface area is 93.9 Å². The zero-order chi connectivity index (χ0) is 11.1. The van der Waals surface area contributed by atoms with Crippen molar-refractivity contribution in [3.05, 3.63) is 35.4 Å². The van der Waals surface area contributed by atoms with Gasteiger partial charge in [0.25, 0.3) is 0 Å². The van der Waals surface area contributed by atoms with Gasteiger partial charge in [-0.1, -0.05) is 45.0 Å². The molecule has 0 bridgehead atoms. The van der Waals surface area contributed by atoms with Crippen LogP contribution in [0.1, 0.15) is 31.9 Å². The van der Waals surface area contributed by atoms with Gasteiger partial charge in [-0.05, 0) is 43.0 Å². The van der Waals surface area contributed by atoms with Crippen LogP contribution in [0.5, 0.6) is 0 Å². The van der Waals surface area contributed by atoms with Gasteiger partial charge >= 0.3 is 0 Å². The van der Waals surface area contributed by atoms with E-state index < -0.39 is 0 Å². The van der Waals surface area contributed by atoms with Gasteiger partial charge in [-0.2, -0.15) is 0 Å². The number of hydrogen-bond acceptors (Lipinski definition) is 1. The first-order valence-electron chi connectivity index (χ1n) is 6.01. The molecule has 0 unspecified atom stereocenters. The van der Waals surface area contributed by atoms with E-state index in [0.717, 1.165) is 25.4 Å². The Morgan fingerprint density at radius 3 is 2.60 bits per heavy atom. The Hall–Kier alpha value is -0.820. The predicted molar refractivity (Wildman–Crippen MR) is 67.2 cm³/mol. The molecule has 0 aliphatic heterocycles. The van der Waals surface area contributed by atoms with Crippen LogP contribution in [0.15, 0.2) is 24.3 Å². The molecule has 0 amide bonds. The van der Waals surface area contributed by atoms with Crippen LogP contribution in [0, 0.1) is 5.92 Å². The third kappa shape index (κ3) is 4.98. The summed E-state index contributed by atoms with van der Waals surface area (Å²) >= 11 is 0. The molecule has 1 rings (SSSR count). The molecule has 0 spiro atoms. The molecule has 1 aromatic rings. The van der Waals surface area contributed by atoms with Gasteiger partial charge in [0.15, 0.2) is 0 Å². The van der Waals surface area contributed by atoms with Gasteiger partial charge in [-0.25, -0.2) is 0 Å². The summed E-state index contributed by atoms with van der Waals surface area (Å²) in [6.45, 7) is 8.83. The van der Waals surface area contributed by atoms with E-state index in [1.54, 1.807) is 0 Å². The Kier molecular flexibility index (Phi) is 5.41. The molecular weight excluding hydrogens is 182 g/mol. The van der Waals surface area contributed by atoms with Crippen LogP contribution in [0.3, 0.4) is 0 Å². The van der Waals surface area contributed by atoms with E-state index in [1.165, 1.54) is 17.5 Å². The maximum atomic E-state index is 3.36. The summed E-state index contributed by atoms with van der Waals surface area (Å²) in [6.07, 6.45) is 2.33. The molecule has 0 aromatic heterocycles. The Bertz CT molecular complexity index is 278. The van der Waals surface area contributed by atoms with E-state index >= 15 is 0 Å².